The SMILES string of the molecule is CN(Cc1ccc(C#N)cc1)C(=O)c1cccc(S(=O)(=O)NCC2CCCO2)c1. The predicted molar refractivity (Wildman–Crippen MR) is 108 cm³/mol. The van der Waals surface area contributed by atoms with Gasteiger partial charge in [-0.1, -0.05) is 18.2 Å². The number of amides is 1. The molecule has 0 aromatic heterocycles. The molecule has 7 nitrogen and oxygen atoms in total. The number of nitriles is 1. The van der Waals surface area contributed by atoms with Gasteiger partial charge in [-0.3, -0.25) is 4.79 Å². The van der Waals surface area contributed by atoms with Crippen molar-refractivity contribution in [3.05, 3.63) is 65.2 Å². The van der Waals surface area contributed by atoms with Gasteiger partial charge in [0.05, 0.1) is 22.6 Å². The number of sulfonamides is 1. The fourth-order valence-electron chi connectivity index (χ4n) is 3.14. The maximum Gasteiger partial charge on any atom is 0.253 e. The number of rotatable bonds is 7. The topological polar surface area (TPSA) is 99.5 Å². The minimum absolute atomic E-state index is 0.0492. The number of nitrogens with one attached hydrogen (secondary N) is 1. The van der Waals surface area contributed by atoms with Crippen LogP contribution >= 0.6 is 0 Å². The van der Waals surface area contributed by atoms with Crippen molar-refractivity contribution in [2.24, 2.45) is 0 Å². The maximum absolute atomic E-state index is 12.8. The van der Waals surface area contributed by atoms with E-state index in [9.17, 15) is 13.2 Å². The van der Waals surface area contributed by atoms with Crippen molar-refractivity contribution in [3.63, 3.8) is 0 Å². The minimum atomic E-state index is -3.73. The Morgan fingerprint density at radius 3 is 2.69 bits per heavy atom. The van der Waals surface area contributed by atoms with Crippen LogP contribution < -0.4 is 4.72 Å². The molecule has 0 spiro atoms. The predicted octanol–water partition coefficient (Wildman–Crippen LogP) is 2.29. The van der Waals surface area contributed by atoms with E-state index in [0.717, 1.165) is 18.4 Å². The van der Waals surface area contributed by atoms with Gasteiger partial charge < -0.3 is 9.64 Å². The highest BCUT2D eigenvalue weighted by atomic mass is 32.2. The first-order chi connectivity index (χ1) is 13.9. The summed E-state index contributed by atoms with van der Waals surface area (Å²) in [6.07, 6.45) is 1.66. The number of hydrogen-bond donors (Lipinski definition) is 1. The maximum atomic E-state index is 12.8. The Morgan fingerprint density at radius 1 is 1.28 bits per heavy atom. The Bertz CT molecular complexity index is 1010. The summed E-state index contributed by atoms with van der Waals surface area (Å²) in [6, 6.07) is 15.0. The van der Waals surface area contributed by atoms with Gasteiger partial charge in [-0.15, -0.1) is 0 Å². The molecule has 3 rings (SSSR count). The van der Waals surface area contributed by atoms with E-state index in [1.807, 2.05) is 0 Å². The van der Waals surface area contributed by atoms with Crippen molar-refractivity contribution >= 4 is 15.9 Å². The van der Waals surface area contributed by atoms with Crippen molar-refractivity contribution in [2.45, 2.75) is 30.4 Å². The van der Waals surface area contributed by atoms with E-state index in [0.29, 0.717) is 24.3 Å². The molecule has 152 valence electrons. The van der Waals surface area contributed by atoms with Crippen LogP contribution in [-0.4, -0.2) is 45.5 Å². The second-order valence-electron chi connectivity index (χ2n) is 6.98. The molecule has 1 N–H and O–H groups in total. The molecule has 0 radical (unpaired) electrons. The number of benzene rings is 2. The number of carbonyl (C=O) groups excluding carboxylic acids is 1. The zero-order chi connectivity index (χ0) is 20.9. The van der Waals surface area contributed by atoms with E-state index in [2.05, 4.69) is 10.8 Å². The van der Waals surface area contributed by atoms with Crippen LogP contribution in [0.4, 0.5) is 0 Å². The van der Waals surface area contributed by atoms with E-state index in [-0.39, 0.29) is 23.5 Å². The zero-order valence-electron chi connectivity index (χ0n) is 16.2. The molecule has 1 saturated heterocycles. The summed E-state index contributed by atoms with van der Waals surface area (Å²) in [4.78, 5) is 14.3. The van der Waals surface area contributed by atoms with Crippen molar-refractivity contribution in [3.8, 4) is 6.07 Å². The van der Waals surface area contributed by atoms with Crippen LogP contribution in [0.1, 0.15) is 34.3 Å². The van der Waals surface area contributed by atoms with E-state index in [1.165, 1.54) is 17.0 Å². The molecule has 1 amide bonds. The lowest BCUT2D eigenvalue weighted by molar-refractivity contribution is 0.0785. The van der Waals surface area contributed by atoms with E-state index in [1.54, 1.807) is 43.4 Å². The average molecular weight is 413 g/mol. The van der Waals surface area contributed by atoms with Gasteiger partial charge in [0.15, 0.2) is 0 Å². The third-order valence-corrected chi connectivity index (χ3v) is 6.19. The van der Waals surface area contributed by atoms with Crippen LogP contribution in [0.3, 0.4) is 0 Å². The number of nitrogens with zero attached hydrogens (tertiary/aromatic N) is 2. The number of ether oxygens (including phenoxy) is 1. The van der Waals surface area contributed by atoms with Gasteiger partial charge in [-0.05, 0) is 48.7 Å². The van der Waals surface area contributed by atoms with Crippen LogP contribution in [0.5, 0.6) is 0 Å². The summed E-state index contributed by atoms with van der Waals surface area (Å²) in [5.74, 6) is -0.287. The summed E-state index contributed by atoms with van der Waals surface area (Å²) in [7, 11) is -2.08. The van der Waals surface area contributed by atoms with Gasteiger partial charge in [0.2, 0.25) is 10.0 Å². The van der Waals surface area contributed by atoms with Crippen molar-refractivity contribution in [1.29, 1.82) is 5.26 Å². The van der Waals surface area contributed by atoms with E-state index < -0.39 is 10.0 Å². The monoisotopic (exact) mass is 413 g/mol. The highest BCUT2D eigenvalue weighted by molar-refractivity contribution is 7.89. The van der Waals surface area contributed by atoms with Crippen LogP contribution in [0.15, 0.2) is 53.4 Å². The molecular weight excluding hydrogens is 390 g/mol. The van der Waals surface area contributed by atoms with Gasteiger partial charge in [0.1, 0.15) is 0 Å². The summed E-state index contributed by atoms with van der Waals surface area (Å²) in [5.41, 5.74) is 1.72. The van der Waals surface area contributed by atoms with Gasteiger partial charge in [0.25, 0.3) is 5.91 Å². The molecule has 1 fully saturated rings. The van der Waals surface area contributed by atoms with Crippen LogP contribution in [0, 0.1) is 11.3 Å². The number of carbonyl (C=O) groups is 1. The Labute approximate surface area is 171 Å². The molecule has 8 heteroatoms. The molecule has 0 bridgehead atoms. The van der Waals surface area contributed by atoms with Crippen molar-refractivity contribution < 1.29 is 17.9 Å². The van der Waals surface area contributed by atoms with Crippen molar-refractivity contribution in [2.75, 3.05) is 20.2 Å². The lowest BCUT2D eigenvalue weighted by atomic mass is 10.1. The average Bonchev–Trinajstić information content (AvgIpc) is 3.26. The van der Waals surface area contributed by atoms with Gasteiger partial charge in [0, 0.05) is 32.3 Å². The first kappa shape index (κ1) is 21.0. The molecule has 1 unspecified atom stereocenters. The molecule has 1 aliphatic heterocycles. The lowest BCUT2D eigenvalue weighted by Crippen LogP contribution is -2.32. The molecule has 0 saturated carbocycles. The third-order valence-electron chi connectivity index (χ3n) is 4.77. The fraction of sp³-hybridized carbons (Fsp3) is 0.333. The molecule has 0 aliphatic carbocycles. The third kappa shape index (κ3) is 5.41. The standard InChI is InChI=1S/C21H23N3O4S/c1-24(15-17-9-7-16(13-22)8-10-17)21(25)18-4-2-6-20(12-18)29(26,27)23-14-19-5-3-11-28-19/h2,4,6-10,12,19,23H,3,5,11,14-15H2,1H3. The van der Waals surface area contributed by atoms with Gasteiger partial charge in [-0.25, -0.2) is 13.1 Å². The molecule has 2 aromatic rings. The molecule has 1 atom stereocenters. The molecule has 1 aliphatic rings. The van der Waals surface area contributed by atoms with E-state index in [4.69, 9.17) is 10.00 Å². The zero-order valence-corrected chi connectivity index (χ0v) is 17.0. The molecule has 2 aromatic carbocycles. The lowest BCUT2D eigenvalue weighted by Gasteiger charge is -2.18. The Morgan fingerprint density at radius 2 is 2.03 bits per heavy atom. The normalized spacial score (nSPS) is 16.3. The molecule has 29 heavy (non-hydrogen) atoms. The van der Waals surface area contributed by atoms with Gasteiger partial charge in [-0.2, -0.15) is 5.26 Å². The van der Waals surface area contributed by atoms with Crippen molar-refractivity contribution in [1.82, 2.24) is 9.62 Å². The molecule has 1 heterocycles. The Balaban J connectivity index is 1.68. The first-order valence-electron chi connectivity index (χ1n) is 9.35. The summed E-state index contributed by atoms with van der Waals surface area (Å²) >= 11 is 0. The number of hydrogen-bond acceptors (Lipinski definition) is 5. The summed E-state index contributed by atoms with van der Waals surface area (Å²) < 4.78 is 33.1. The quantitative estimate of drug-likeness (QED) is 0.751. The smallest absolute Gasteiger partial charge is 0.253 e. The van der Waals surface area contributed by atoms with Crippen LogP contribution in [-0.2, 0) is 21.3 Å². The Hall–Kier alpha value is -2.73. The highest BCUT2D eigenvalue weighted by Crippen LogP contribution is 2.16. The first-order valence-corrected chi connectivity index (χ1v) is 10.8. The second kappa shape index (κ2) is 9.18. The summed E-state index contributed by atoms with van der Waals surface area (Å²) in [6.45, 7) is 1.22. The second-order valence-corrected chi connectivity index (χ2v) is 8.75. The highest BCUT2D eigenvalue weighted by Gasteiger charge is 2.21. The fourth-order valence-corrected chi connectivity index (χ4v) is 4.25. The van der Waals surface area contributed by atoms with E-state index >= 15 is 0 Å². The van der Waals surface area contributed by atoms with Crippen LogP contribution in [0.25, 0.3) is 0 Å². The summed E-state index contributed by atoms with van der Waals surface area (Å²) in [5, 5.41) is 8.86. The van der Waals surface area contributed by atoms with Gasteiger partial charge >= 0.3 is 0 Å². The minimum Gasteiger partial charge on any atom is -0.377 e. The largest absolute Gasteiger partial charge is 0.377 e. The van der Waals surface area contributed by atoms with Crippen LogP contribution in [0.2, 0.25) is 0 Å². The Kier molecular flexibility index (Phi) is 6.64. The molecular formula is C21H23N3O4S.